The summed E-state index contributed by atoms with van der Waals surface area (Å²) in [6.45, 7) is 3.80. The van der Waals surface area contributed by atoms with Gasteiger partial charge in [0.2, 0.25) is 0 Å². The number of rotatable bonds is 3. The van der Waals surface area contributed by atoms with Crippen molar-refractivity contribution in [3.8, 4) is 0 Å². The van der Waals surface area contributed by atoms with Gasteiger partial charge in [0, 0.05) is 30.4 Å². The van der Waals surface area contributed by atoms with E-state index in [1.165, 1.54) is 12.3 Å². The fourth-order valence-corrected chi connectivity index (χ4v) is 3.82. The Morgan fingerprint density at radius 2 is 1.83 bits per heavy atom. The molecule has 1 unspecified atom stereocenters. The first kappa shape index (κ1) is 16.0. The average Bonchev–Trinajstić information content (AvgIpc) is 2.90. The molecule has 0 aromatic heterocycles. The number of nitrogens with zero attached hydrogens (tertiary/aromatic N) is 1. The van der Waals surface area contributed by atoms with Crippen LogP contribution in [0, 0.1) is 5.82 Å². The topological polar surface area (TPSA) is 37.4 Å². The van der Waals surface area contributed by atoms with Crippen LogP contribution < -0.4 is 4.90 Å². The van der Waals surface area contributed by atoms with Gasteiger partial charge in [0.25, 0.3) is 0 Å². The molecule has 0 aliphatic carbocycles. The van der Waals surface area contributed by atoms with E-state index in [0.717, 1.165) is 30.8 Å². The molecule has 2 aromatic rings. The maximum Gasteiger partial charge on any atom is 0.175 e. The van der Waals surface area contributed by atoms with Crippen LogP contribution in [0.4, 0.5) is 10.1 Å². The SMILES string of the molecule is CC1(c2cccc(F)c2)CCN(c2ccc(S(C)(=O)=O)cc2)C1. The molecule has 2 aromatic carbocycles. The highest BCUT2D eigenvalue weighted by atomic mass is 32.2. The minimum absolute atomic E-state index is 0.0996. The van der Waals surface area contributed by atoms with Gasteiger partial charge in [0.05, 0.1) is 4.90 Å². The fourth-order valence-electron chi connectivity index (χ4n) is 3.19. The van der Waals surface area contributed by atoms with E-state index in [4.69, 9.17) is 0 Å². The molecule has 1 fully saturated rings. The maximum atomic E-state index is 13.5. The van der Waals surface area contributed by atoms with Crippen LogP contribution in [0.15, 0.2) is 53.4 Å². The Morgan fingerprint density at radius 1 is 1.13 bits per heavy atom. The number of benzene rings is 2. The van der Waals surface area contributed by atoms with E-state index in [2.05, 4.69) is 11.8 Å². The van der Waals surface area contributed by atoms with Crippen molar-refractivity contribution in [1.29, 1.82) is 0 Å². The first-order chi connectivity index (χ1) is 10.8. The summed E-state index contributed by atoms with van der Waals surface area (Å²) in [6, 6.07) is 13.8. The summed E-state index contributed by atoms with van der Waals surface area (Å²) in [5.41, 5.74) is 1.91. The lowest BCUT2D eigenvalue weighted by atomic mass is 9.82. The average molecular weight is 333 g/mol. The highest BCUT2D eigenvalue weighted by Crippen LogP contribution is 2.36. The molecule has 23 heavy (non-hydrogen) atoms. The van der Waals surface area contributed by atoms with Crippen LogP contribution in [0.1, 0.15) is 18.9 Å². The molecule has 1 saturated heterocycles. The van der Waals surface area contributed by atoms with Crippen LogP contribution in [0.2, 0.25) is 0 Å². The molecule has 0 bridgehead atoms. The first-order valence-electron chi connectivity index (χ1n) is 7.59. The Hall–Kier alpha value is -1.88. The second-order valence-corrected chi connectivity index (χ2v) is 8.52. The van der Waals surface area contributed by atoms with Crippen molar-refractivity contribution in [2.45, 2.75) is 23.7 Å². The monoisotopic (exact) mass is 333 g/mol. The zero-order chi connectivity index (χ0) is 16.7. The summed E-state index contributed by atoms with van der Waals surface area (Å²) in [5.74, 6) is -0.209. The van der Waals surface area contributed by atoms with Crippen LogP contribution in [0.3, 0.4) is 0 Å². The van der Waals surface area contributed by atoms with Crippen LogP contribution in [0.25, 0.3) is 0 Å². The predicted octanol–water partition coefficient (Wildman–Crippen LogP) is 3.40. The van der Waals surface area contributed by atoms with Crippen molar-refractivity contribution >= 4 is 15.5 Å². The van der Waals surface area contributed by atoms with Gasteiger partial charge < -0.3 is 4.90 Å². The largest absolute Gasteiger partial charge is 0.371 e. The summed E-state index contributed by atoms with van der Waals surface area (Å²) < 4.78 is 36.6. The molecule has 3 rings (SSSR count). The standard InChI is InChI=1S/C18H20FNO2S/c1-18(14-4-3-5-15(19)12-14)10-11-20(13-18)16-6-8-17(9-7-16)23(2,21)22/h3-9,12H,10-11,13H2,1-2H3. The van der Waals surface area contributed by atoms with Crippen molar-refractivity contribution in [3.63, 3.8) is 0 Å². The van der Waals surface area contributed by atoms with E-state index in [1.807, 2.05) is 18.2 Å². The van der Waals surface area contributed by atoms with Crippen LogP contribution >= 0.6 is 0 Å². The lowest BCUT2D eigenvalue weighted by Crippen LogP contribution is -2.28. The van der Waals surface area contributed by atoms with E-state index in [1.54, 1.807) is 24.3 Å². The molecule has 1 atom stereocenters. The van der Waals surface area contributed by atoms with E-state index in [-0.39, 0.29) is 11.2 Å². The number of sulfone groups is 1. The third-order valence-electron chi connectivity index (χ3n) is 4.62. The Balaban J connectivity index is 1.82. The normalized spacial score (nSPS) is 21.6. The summed E-state index contributed by atoms with van der Waals surface area (Å²) in [5, 5.41) is 0. The van der Waals surface area contributed by atoms with E-state index >= 15 is 0 Å². The number of halogens is 1. The highest BCUT2D eigenvalue weighted by molar-refractivity contribution is 7.90. The predicted molar refractivity (Wildman–Crippen MR) is 90.1 cm³/mol. The van der Waals surface area contributed by atoms with Crippen LogP contribution in [-0.4, -0.2) is 27.8 Å². The molecule has 3 nitrogen and oxygen atoms in total. The molecule has 5 heteroatoms. The summed E-state index contributed by atoms with van der Waals surface area (Å²) in [4.78, 5) is 2.55. The smallest absolute Gasteiger partial charge is 0.175 e. The third kappa shape index (κ3) is 3.24. The lowest BCUT2D eigenvalue weighted by molar-refractivity contribution is 0.523. The van der Waals surface area contributed by atoms with Crippen molar-refractivity contribution in [3.05, 3.63) is 59.9 Å². The van der Waals surface area contributed by atoms with E-state index in [0.29, 0.717) is 4.90 Å². The molecule has 122 valence electrons. The van der Waals surface area contributed by atoms with Crippen molar-refractivity contribution in [1.82, 2.24) is 0 Å². The molecule has 0 amide bonds. The molecule has 1 aliphatic heterocycles. The second kappa shape index (κ2) is 5.64. The molecule has 0 saturated carbocycles. The van der Waals surface area contributed by atoms with Gasteiger partial charge in [0.15, 0.2) is 9.84 Å². The molecule has 0 radical (unpaired) electrons. The Bertz CT molecular complexity index is 817. The van der Waals surface area contributed by atoms with Crippen molar-refractivity contribution < 1.29 is 12.8 Å². The maximum absolute atomic E-state index is 13.5. The molecule has 1 aliphatic rings. The number of hydrogen-bond donors (Lipinski definition) is 0. The van der Waals surface area contributed by atoms with Crippen LogP contribution in [-0.2, 0) is 15.3 Å². The first-order valence-corrected chi connectivity index (χ1v) is 9.48. The van der Waals surface area contributed by atoms with Gasteiger partial charge in [-0.05, 0) is 48.4 Å². The molecule has 0 N–H and O–H groups in total. The zero-order valence-electron chi connectivity index (χ0n) is 13.3. The van der Waals surface area contributed by atoms with Crippen molar-refractivity contribution in [2.75, 3.05) is 24.2 Å². The van der Waals surface area contributed by atoms with Gasteiger partial charge in [-0.3, -0.25) is 0 Å². The van der Waals surface area contributed by atoms with Crippen LogP contribution in [0.5, 0.6) is 0 Å². The van der Waals surface area contributed by atoms with Gasteiger partial charge >= 0.3 is 0 Å². The van der Waals surface area contributed by atoms with Gasteiger partial charge in [0.1, 0.15) is 5.82 Å². The number of anilines is 1. The molecular weight excluding hydrogens is 313 g/mol. The minimum atomic E-state index is -3.17. The third-order valence-corrected chi connectivity index (χ3v) is 5.75. The van der Waals surface area contributed by atoms with E-state index in [9.17, 15) is 12.8 Å². The second-order valence-electron chi connectivity index (χ2n) is 6.51. The van der Waals surface area contributed by atoms with Crippen molar-refractivity contribution in [2.24, 2.45) is 0 Å². The molecular formula is C18H20FNO2S. The van der Waals surface area contributed by atoms with E-state index < -0.39 is 9.84 Å². The minimum Gasteiger partial charge on any atom is -0.371 e. The van der Waals surface area contributed by atoms with Gasteiger partial charge in [-0.25, -0.2) is 12.8 Å². The Morgan fingerprint density at radius 3 is 2.43 bits per heavy atom. The molecule has 1 heterocycles. The highest BCUT2D eigenvalue weighted by Gasteiger charge is 2.35. The summed E-state index contributed by atoms with van der Waals surface area (Å²) in [7, 11) is -3.17. The summed E-state index contributed by atoms with van der Waals surface area (Å²) >= 11 is 0. The Labute approximate surface area is 136 Å². The quantitative estimate of drug-likeness (QED) is 0.864. The van der Waals surface area contributed by atoms with Gasteiger partial charge in [-0.15, -0.1) is 0 Å². The lowest BCUT2D eigenvalue weighted by Gasteiger charge is -2.26. The molecule has 0 spiro atoms. The van der Waals surface area contributed by atoms with Gasteiger partial charge in [-0.1, -0.05) is 19.1 Å². The fraction of sp³-hybridized carbons (Fsp3) is 0.333. The zero-order valence-corrected chi connectivity index (χ0v) is 14.1. The number of hydrogen-bond acceptors (Lipinski definition) is 3. The van der Waals surface area contributed by atoms with Gasteiger partial charge in [-0.2, -0.15) is 0 Å². The Kier molecular flexibility index (Phi) is 3.92. The summed E-state index contributed by atoms with van der Waals surface area (Å²) in [6.07, 6.45) is 2.14.